The number of nitrogens with zero attached hydrogens (tertiary/aromatic N) is 2. The molecule has 0 aliphatic heterocycles. The maximum Gasteiger partial charge on any atom is 0.150 e. The smallest absolute Gasteiger partial charge is 0.150 e. The third-order valence-electron chi connectivity index (χ3n) is 2.26. The standard InChI is InChI=1S/C11H11F2N3/c1-7(14)10-5-16(6-15-10)11-3-2-8(12)4-9(11)13/h2-7H,14H2,1H3. The fourth-order valence-corrected chi connectivity index (χ4v) is 1.40. The van der Waals surface area contributed by atoms with E-state index in [2.05, 4.69) is 4.98 Å². The summed E-state index contributed by atoms with van der Waals surface area (Å²) in [5, 5.41) is 0. The number of rotatable bonds is 2. The number of benzene rings is 1. The molecular weight excluding hydrogens is 212 g/mol. The van der Waals surface area contributed by atoms with Crippen molar-refractivity contribution in [2.24, 2.45) is 5.73 Å². The Morgan fingerprint density at radius 2 is 2.12 bits per heavy atom. The first kappa shape index (κ1) is 10.8. The highest BCUT2D eigenvalue weighted by Gasteiger charge is 2.08. The van der Waals surface area contributed by atoms with Crippen LogP contribution in [0, 0.1) is 11.6 Å². The lowest BCUT2D eigenvalue weighted by atomic mass is 10.2. The molecule has 0 saturated heterocycles. The van der Waals surface area contributed by atoms with E-state index in [1.165, 1.54) is 23.0 Å². The Kier molecular flexibility index (Phi) is 2.70. The van der Waals surface area contributed by atoms with Gasteiger partial charge in [0.1, 0.15) is 11.6 Å². The Morgan fingerprint density at radius 3 is 2.69 bits per heavy atom. The molecule has 1 heterocycles. The van der Waals surface area contributed by atoms with Crippen molar-refractivity contribution in [1.29, 1.82) is 0 Å². The first-order valence-electron chi connectivity index (χ1n) is 4.83. The van der Waals surface area contributed by atoms with Gasteiger partial charge in [0, 0.05) is 18.3 Å². The van der Waals surface area contributed by atoms with Crippen molar-refractivity contribution in [3.05, 3.63) is 48.1 Å². The van der Waals surface area contributed by atoms with Crippen molar-refractivity contribution in [3.63, 3.8) is 0 Å². The number of hydrogen-bond acceptors (Lipinski definition) is 2. The van der Waals surface area contributed by atoms with E-state index in [1.807, 2.05) is 0 Å². The summed E-state index contributed by atoms with van der Waals surface area (Å²) in [6, 6.07) is 3.17. The van der Waals surface area contributed by atoms with E-state index in [4.69, 9.17) is 5.73 Å². The highest BCUT2D eigenvalue weighted by atomic mass is 19.1. The average molecular weight is 223 g/mol. The normalized spacial score (nSPS) is 12.8. The molecule has 1 unspecified atom stereocenters. The quantitative estimate of drug-likeness (QED) is 0.847. The molecular formula is C11H11F2N3. The summed E-state index contributed by atoms with van der Waals surface area (Å²) in [4.78, 5) is 4.03. The molecule has 0 aliphatic carbocycles. The van der Waals surface area contributed by atoms with Crippen molar-refractivity contribution >= 4 is 0 Å². The zero-order chi connectivity index (χ0) is 11.7. The van der Waals surface area contributed by atoms with E-state index in [0.717, 1.165) is 6.07 Å². The zero-order valence-electron chi connectivity index (χ0n) is 8.69. The van der Waals surface area contributed by atoms with Gasteiger partial charge in [-0.2, -0.15) is 0 Å². The Hall–Kier alpha value is -1.75. The van der Waals surface area contributed by atoms with Gasteiger partial charge in [0.05, 0.1) is 17.7 Å². The largest absolute Gasteiger partial charge is 0.323 e. The summed E-state index contributed by atoms with van der Waals surface area (Å²) in [6.07, 6.45) is 3.08. The number of hydrogen-bond donors (Lipinski definition) is 1. The number of imidazole rings is 1. The van der Waals surface area contributed by atoms with Gasteiger partial charge in [-0.25, -0.2) is 13.8 Å². The minimum Gasteiger partial charge on any atom is -0.323 e. The molecule has 0 fully saturated rings. The van der Waals surface area contributed by atoms with Crippen LogP contribution in [0.15, 0.2) is 30.7 Å². The van der Waals surface area contributed by atoms with Crippen LogP contribution in [0.5, 0.6) is 0 Å². The summed E-state index contributed by atoms with van der Waals surface area (Å²) in [5.41, 5.74) is 6.54. The molecule has 0 spiro atoms. The van der Waals surface area contributed by atoms with Crippen LogP contribution >= 0.6 is 0 Å². The third kappa shape index (κ3) is 1.94. The number of nitrogens with two attached hydrogens (primary N) is 1. The summed E-state index contributed by atoms with van der Waals surface area (Å²) in [5.74, 6) is -1.23. The highest BCUT2D eigenvalue weighted by molar-refractivity contribution is 5.34. The van der Waals surface area contributed by atoms with E-state index in [0.29, 0.717) is 5.69 Å². The molecule has 0 bridgehead atoms. The second-order valence-corrected chi connectivity index (χ2v) is 3.59. The molecule has 1 atom stereocenters. The topological polar surface area (TPSA) is 43.8 Å². The zero-order valence-corrected chi connectivity index (χ0v) is 8.69. The van der Waals surface area contributed by atoms with Crippen molar-refractivity contribution in [2.45, 2.75) is 13.0 Å². The Bertz CT molecular complexity index is 506. The molecule has 2 N–H and O–H groups in total. The van der Waals surface area contributed by atoms with E-state index in [1.54, 1.807) is 13.1 Å². The molecule has 0 saturated carbocycles. The van der Waals surface area contributed by atoms with Gasteiger partial charge in [-0.05, 0) is 19.1 Å². The molecule has 1 aromatic heterocycles. The molecule has 16 heavy (non-hydrogen) atoms. The molecule has 5 heteroatoms. The van der Waals surface area contributed by atoms with Gasteiger partial charge in [0.25, 0.3) is 0 Å². The maximum absolute atomic E-state index is 13.4. The first-order chi connectivity index (χ1) is 7.58. The second kappa shape index (κ2) is 4.02. The van der Waals surface area contributed by atoms with Crippen LogP contribution < -0.4 is 5.73 Å². The minimum atomic E-state index is -0.631. The summed E-state index contributed by atoms with van der Waals surface area (Å²) >= 11 is 0. The highest BCUT2D eigenvalue weighted by Crippen LogP contribution is 2.16. The van der Waals surface area contributed by atoms with E-state index >= 15 is 0 Å². The van der Waals surface area contributed by atoms with Gasteiger partial charge in [-0.3, -0.25) is 0 Å². The lowest BCUT2D eigenvalue weighted by molar-refractivity contribution is 0.577. The summed E-state index contributed by atoms with van der Waals surface area (Å²) in [6.45, 7) is 1.79. The molecule has 0 aliphatic rings. The van der Waals surface area contributed by atoms with Crippen molar-refractivity contribution in [1.82, 2.24) is 9.55 Å². The summed E-state index contributed by atoms with van der Waals surface area (Å²) in [7, 11) is 0. The molecule has 1 aromatic carbocycles. The molecule has 2 rings (SSSR count). The van der Waals surface area contributed by atoms with Gasteiger partial charge in [0.2, 0.25) is 0 Å². The van der Waals surface area contributed by atoms with Crippen molar-refractivity contribution in [2.75, 3.05) is 0 Å². The maximum atomic E-state index is 13.4. The molecule has 84 valence electrons. The van der Waals surface area contributed by atoms with Gasteiger partial charge < -0.3 is 10.3 Å². The lowest BCUT2D eigenvalue weighted by Gasteiger charge is -2.03. The van der Waals surface area contributed by atoms with Crippen LogP contribution in [0.25, 0.3) is 5.69 Å². The number of aromatic nitrogens is 2. The SMILES string of the molecule is CC(N)c1cn(-c2ccc(F)cc2F)cn1. The van der Waals surface area contributed by atoms with Crippen LogP contribution in [-0.2, 0) is 0 Å². The fourth-order valence-electron chi connectivity index (χ4n) is 1.40. The Balaban J connectivity index is 2.42. The Morgan fingerprint density at radius 1 is 1.38 bits per heavy atom. The molecule has 0 radical (unpaired) electrons. The van der Waals surface area contributed by atoms with Gasteiger partial charge in [-0.1, -0.05) is 0 Å². The van der Waals surface area contributed by atoms with E-state index in [9.17, 15) is 8.78 Å². The van der Waals surface area contributed by atoms with Crippen LogP contribution in [0.3, 0.4) is 0 Å². The number of halogens is 2. The van der Waals surface area contributed by atoms with Gasteiger partial charge in [-0.15, -0.1) is 0 Å². The van der Waals surface area contributed by atoms with E-state index < -0.39 is 11.6 Å². The molecule has 2 aromatic rings. The summed E-state index contributed by atoms with van der Waals surface area (Å²) < 4.78 is 27.6. The predicted octanol–water partition coefficient (Wildman–Crippen LogP) is 2.17. The van der Waals surface area contributed by atoms with Crippen LogP contribution in [0.4, 0.5) is 8.78 Å². The third-order valence-corrected chi connectivity index (χ3v) is 2.26. The molecule has 3 nitrogen and oxygen atoms in total. The van der Waals surface area contributed by atoms with Crippen molar-refractivity contribution < 1.29 is 8.78 Å². The van der Waals surface area contributed by atoms with Crippen LogP contribution in [0.1, 0.15) is 18.7 Å². The Labute approximate surface area is 91.5 Å². The second-order valence-electron chi connectivity index (χ2n) is 3.59. The fraction of sp³-hybridized carbons (Fsp3) is 0.182. The lowest BCUT2D eigenvalue weighted by Crippen LogP contribution is -2.05. The van der Waals surface area contributed by atoms with E-state index in [-0.39, 0.29) is 11.7 Å². The predicted molar refractivity (Wildman–Crippen MR) is 56.1 cm³/mol. The van der Waals surface area contributed by atoms with Gasteiger partial charge >= 0.3 is 0 Å². The molecule has 0 amide bonds. The van der Waals surface area contributed by atoms with Gasteiger partial charge in [0.15, 0.2) is 0 Å². The van der Waals surface area contributed by atoms with Crippen LogP contribution in [-0.4, -0.2) is 9.55 Å². The monoisotopic (exact) mass is 223 g/mol. The minimum absolute atomic E-state index is 0.218. The van der Waals surface area contributed by atoms with Crippen molar-refractivity contribution in [3.8, 4) is 5.69 Å². The first-order valence-corrected chi connectivity index (χ1v) is 4.83. The average Bonchev–Trinajstić information content (AvgIpc) is 2.66. The van der Waals surface area contributed by atoms with Crippen LogP contribution in [0.2, 0.25) is 0 Å².